The molecule has 1 aromatic heterocycles. The Balaban J connectivity index is 1.89. The van der Waals surface area contributed by atoms with Gasteiger partial charge in [0.05, 0.1) is 16.8 Å². The molecule has 0 amide bonds. The van der Waals surface area contributed by atoms with E-state index in [1.165, 1.54) is 6.07 Å². The number of anilines is 1. The van der Waals surface area contributed by atoms with Crippen molar-refractivity contribution in [3.8, 4) is 0 Å². The average Bonchev–Trinajstić information content (AvgIpc) is 3.38. The predicted molar refractivity (Wildman–Crippen MR) is 101 cm³/mol. The fraction of sp³-hybridized carbons (Fsp3) is 0.474. The van der Waals surface area contributed by atoms with Gasteiger partial charge in [-0.1, -0.05) is 0 Å². The Labute approximate surface area is 151 Å². The van der Waals surface area contributed by atoms with E-state index in [1.807, 2.05) is 0 Å². The van der Waals surface area contributed by atoms with Crippen LogP contribution in [-0.2, 0) is 6.54 Å². The molecule has 3 heterocycles. The first-order chi connectivity index (χ1) is 12.6. The van der Waals surface area contributed by atoms with Crippen molar-refractivity contribution in [3.05, 3.63) is 39.4 Å². The fourth-order valence-corrected chi connectivity index (χ4v) is 4.78. The summed E-state index contributed by atoms with van der Waals surface area (Å²) in [6.07, 6.45) is 6.47. The third-order valence-corrected chi connectivity index (χ3v) is 6.05. The molecule has 1 unspecified atom stereocenters. The van der Waals surface area contributed by atoms with Crippen LogP contribution in [0.5, 0.6) is 0 Å². The number of carbonyl (C=O) groups is 1. The minimum Gasteiger partial charge on any atom is -0.365 e. The summed E-state index contributed by atoms with van der Waals surface area (Å²) in [5.41, 5.74) is 2.13. The lowest BCUT2D eigenvalue weighted by Gasteiger charge is -2.27. The van der Waals surface area contributed by atoms with Crippen LogP contribution in [0, 0.1) is 5.82 Å². The van der Waals surface area contributed by atoms with Crippen LogP contribution in [0.4, 0.5) is 10.1 Å². The number of hydrogen-bond donors (Lipinski definition) is 0. The first kappa shape index (κ1) is 16.1. The van der Waals surface area contributed by atoms with E-state index < -0.39 is 0 Å². The quantitative estimate of drug-likeness (QED) is 0.608. The zero-order valence-corrected chi connectivity index (χ0v) is 14.9. The summed E-state index contributed by atoms with van der Waals surface area (Å²) < 4.78 is 17.3. The molecule has 1 aromatic carbocycles. The first-order valence-electron chi connectivity index (χ1n) is 9.39. The highest BCUT2D eigenvalue weighted by Crippen LogP contribution is 2.42. The van der Waals surface area contributed by atoms with Crippen molar-refractivity contribution < 1.29 is 9.18 Å². The number of rotatable bonds is 2. The van der Waals surface area contributed by atoms with Crippen molar-refractivity contribution in [2.24, 2.45) is 0 Å². The standard InChI is InChI=1S/C19H21BFN3O2/c20-22-8-13-2-1-5-23(13)18-15(9-22)17-14(6-16(18)21)19(26)11(10-25)7-24(17)12-3-4-12/h6-7,10,12-13H,1-5,8-9,20H2. The Hall–Kier alpha value is -2.15. The van der Waals surface area contributed by atoms with Crippen LogP contribution < -0.4 is 10.3 Å². The van der Waals surface area contributed by atoms with E-state index in [1.54, 1.807) is 6.20 Å². The molecule has 2 aliphatic heterocycles. The van der Waals surface area contributed by atoms with E-state index in [0.29, 0.717) is 36.0 Å². The van der Waals surface area contributed by atoms with Crippen LogP contribution in [0.25, 0.3) is 10.9 Å². The van der Waals surface area contributed by atoms with E-state index in [-0.39, 0.29) is 16.8 Å². The zero-order chi connectivity index (χ0) is 18.0. The Morgan fingerprint density at radius 3 is 2.77 bits per heavy atom. The van der Waals surface area contributed by atoms with Gasteiger partial charge in [0, 0.05) is 48.9 Å². The number of benzene rings is 1. The van der Waals surface area contributed by atoms with Crippen LogP contribution in [0.15, 0.2) is 17.1 Å². The Morgan fingerprint density at radius 1 is 1.23 bits per heavy atom. The molecule has 7 heteroatoms. The average molecular weight is 353 g/mol. The number of pyridine rings is 1. The van der Waals surface area contributed by atoms with E-state index in [4.69, 9.17) is 0 Å². The van der Waals surface area contributed by atoms with E-state index >= 15 is 4.39 Å². The molecule has 0 spiro atoms. The predicted octanol–water partition coefficient (Wildman–Crippen LogP) is 1.62. The lowest BCUT2D eigenvalue weighted by atomic mass is 10.0. The molecule has 2 aromatic rings. The van der Waals surface area contributed by atoms with Gasteiger partial charge < -0.3 is 14.3 Å². The van der Waals surface area contributed by atoms with Gasteiger partial charge in [-0.05, 0) is 31.7 Å². The Morgan fingerprint density at radius 2 is 2.04 bits per heavy atom. The fourth-order valence-electron chi connectivity index (χ4n) is 4.78. The van der Waals surface area contributed by atoms with E-state index in [2.05, 4.69) is 22.3 Å². The molecule has 0 N–H and O–H groups in total. The van der Waals surface area contributed by atoms with Crippen LogP contribution >= 0.6 is 0 Å². The highest BCUT2D eigenvalue weighted by atomic mass is 19.1. The summed E-state index contributed by atoms with van der Waals surface area (Å²) >= 11 is 0. The topological polar surface area (TPSA) is 45.6 Å². The van der Waals surface area contributed by atoms with Crippen molar-refractivity contribution in [1.82, 2.24) is 9.38 Å². The summed E-state index contributed by atoms with van der Waals surface area (Å²) in [6.45, 7) is 2.37. The van der Waals surface area contributed by atoms with Crippen molar-refractivity contribution in [2.75, 3.05) is 18.0 Å². The molecule has 5 nitrogen and oxygen atoms in total. The molecule has 0 bridgehead atoms. The van der Waals surface area contributed by atoms with Gasteiger partial charge in [0.1, 0.15) is 5.82 Å². The van der Waals surface area contributed by atoms with Crippen molar-refractivity contribution >= 4 is 30.9 Å². The van der Waals surface area contributed by atoms with Gasteiger partial charge in [0.25, 0.3) is 0 Å². The van der Waals surface area contributed by atoms with Gasteiger partial charge in [-0.2, -0.15) is 0 Å². The molecular weight excluding hydrogens is 332 g/mol. The maximum Gasteiger partial charge on any atom is 0.200 e. The third-order valence-electron chi connectivity index (χ3n) is 6.05. The van der Waals surface area contributed by atoms with Gasteiger partial charge >= 0.3 is 0 Å². The molecule has 26 heavy (non-hydrogen) atoms. The normalized spacial score (nSPS) is 23.0. The number of aromatic nitrogens is 1. The van der Waals surface area contributed by atoms with Crippen molar-refractivity contribution in [3.63, 3.8) is 0 Å². The number of halogens is 1. The number of fused-ring (bicyclic) bond motifs is 5. The molecular formula is C19H21BFN3O2. The van der Waals surface area contributed by atoms with Crippen molar-refractivity contribution in [1.29, 1.82) is 0 Å². The van der Waals surface area contributed by atoms with E-state index in [9.17, 15) is 9.59 Å². The van der Waals surface area contributed by atoms with Crippen LogP contribution in [0.2, 0.25) is 0 Å². The molecule has 2 fully saturated rings. The SMILES string of the molecule is BN1Cc2c(c(F)cc3c(=O)c(C=O)cn(C4CC4)c23)N2CCCC2C1. The maximum atomic E-state index is 15.2. The smallest absolute Gasteiger partial charge is 0.200 e. The van der Waals surface area contributed by atoms with Crippen LogP contribution in [0.3, 0.4) is 0 Å². The Bertz CT molecular complexity index is 985. The minimum absolute atomic E-state index is 0.116. The molecule has 5 rings (SSSR count). The third kappa shape index (κ3) is 2.26. The highest BCUT2D eigenvalue weighted by Gasteiger charge is 2.35. The first-order valence-corrected chi connectivity index (χ1v) is 9.39. The van der Waals surface area contributed by atoms with Crippen LogP contribution in [0.1, 0.15) is 47.6 Å². The summed E-state index contributed by atoms with van der Waals surface area (Å²) in [4.78, 5) is 28.5. The van der Waals surface area contributed by atoms with Gasteiger partial charge in [-0.3, -0.25) is 9.59 Å². The van der Waals surface area contributed by atoms with Crippen LogP contribution in [-0.4, -0.2) is 42.8 Å². The number of aldehydes is 1. The second-order valence-electron chi connectivity index (χ2n) is 7.94. The Kier molecular flexibility index (Phi) is 3.51. The summed E-state index contributed by atoms with van der Waals surface area (Å²) in [6, 6.07) is 1.99. The van der Waals surface area contributed by atoms with Gasteiger partial charge in [-0.25, -0.2) is 4.39 Å². The molecule has 1 aliphatic carbocycles. The maximum absolute atomic E-state index is 15.2. The number of carbonyl (C=O) groups excluding carboxylic acids is 1. The second kappa shape index (κ2) is 5.68. The number of hydrogen-bond acceptors (Lipinski definition) is 4. The lowest BCUT2D eigenvalue weighted by molar-refractivity contribution is 0.112. The molecule has 3 aliphatic rings. The lowest BCUT2D eigenvalue weighted by Crippen LogP contribution is -2.36. The van der Waals surface area contributed by atoms with Gasteiger partial charge in [-0.15, -0.1) is 0 Å². The summed E-state index contributed by atoms with van der Waals surface area (Å²) in [5.74, 6) is -0.336. The monoisotopic (exact) mass is 353 g/mol. The molecule has 1 atom stereocenters. The molecule has 1 saturated carbocycles. The van der Waals surface area contributed by atoms with Gasteiger partial charge in [0.2, 0.25) is 0 Å². The second-order valence-corrected chi connectivity index (χ2v) is 7.94. The highest BCUT2D eigenvalue weighted by molar-refractivity contribution is 6.05. The van der Waals surface area contributed by atoms with Crippen molar-refractivity contribution in [2.45, 2.75) is 44.3 Å². The summed E-state index contributed by atoms with van der Waals surface area (Å²) in [7, 11) is 2.06. The zero-order valence-electron chi connectivity index (χ0n) is 14.9. The minimum atomic E-state index is -0.363. The molecule has 134 valence electrons. The largest absolute Gasteiger partial charge is 0.365 e. The molecule has 0 radical (unpaired) electrons. The van der Waals surface area contributed by atoms with E-state index in [0.717, 1.165) is 49.9 Å². The summed E-state index contributed by atoms with van der Waals surface area (Å²) in [5, 5.41) is 0.337. The number of nitrogens with zero attached hydrogens (tertiary/aromatic N) is 3. The molecule has 1 saturated heterocycles. The van der Waals surface area contributed by atoms with Gasteiger partial charge in [0.15, 0.2) is 19.7 Å².